The number of pyridine rings is 1. The number of aromatic nitrogens is 1. The summed E-state index contributed by atoms with van der Waals surface area (Å²) in [6, 6.07) is 3.15. The molecule has 3 rings (SSSR count). The van der Waals surface area contributed by atoms with Crippen molar-refractivity contribution in [3.8, 4) is 0 Å². The van der Waals surface area contributed by atoms with Gasteiger partial charge in [-0.15, -0.1) is 0 Å². The van der Waals surface area contributed by atoms with Gasteiger partial charge in [0.05, 0.1) is 5.56 Å². The van der Waals surface area contributed by atoms with E-state index in [2.05, 4.69) is 0 Å². The van der Waals surface area contributed by atoms with E-state index in [0.717, 1.165) is 12.5 Å². The predicted molar refractivity (Wildman–Crippen MR) is 77.7 cm³/mol. The molecule has 4 heteroatoms. The van der Waals surface area contributed by atoms with E-state index in [1.165, 1.54) is 38.2 Å². The molecule has 0 aliphatic heterocycles. The molecule has 1 amide bonds. The lowest BCUT2D eigenvalue weighted by molar-refractivity contribution is 0.0826. The molecule has 1 aromatic heterocycles. The summed E-state index contributed by atoms with van der Waals surface area (Å²) in [6.45, 7) is 0.775. The summed E-state index contributed by atoms with van der Waals surface area (Å²) in [4.78, 5) is 25.6. The minimum atomic E-state index is -0.0491. The molecule has 2 aliphatic carbocycles. The van der Waals surface area contributed by atoms with E-state index >= 15 is 0 Å². The molecule has 1 aromatic rings. The number of nitrogens with zero attached hydrogens (tertiary/aromatic N) is 2. The first-order valence-electron chi connectivity index (χ1n) is 7.41. The monoisotopic (exact) mass is 274 g/mol. The Balaban J connectivity index is 1.87. The van der Waals surface area contributed by atoms with Crippen LogP contribution in [-0.4, -0.2) is 29.5 Å². The maximum absolute atomic E-state index is 12.1. The van der Waals surface area contributed by atoms with Crippen LogP contribution in [-0.2, 0) is 6.54 Å². The molecule has 2 fully saturated rings. The lowest BCUT2D eigenvalue weighted by Gasteiger charge is -2.27. The third-order valence-electron chi connectivity index (χ3n) is 5.03. The molecule has 0 spiro atoms. The van der Waals surface area contributed by atoms with Crippen molar-refractivity contribution in [2.75, 3.05) is 14.1 Å². The third kappa shape index (κ3) is 2.28. The van der Waals surface area contributed by atoms with Crippen LogP contribution in [0.15, 0.2) is 23.1 Å². The number of amides is 1. The molecule has 0 N–H and O–H groups in total. The Labute approximate surface area is 119 Å². The third-order valence-corrected chi connectivity index (χ3v) is 5.03. The SMILES string of the molecule is CN(C)C(=O)c1ccc(=O)n(CC23CCC(CC2)C3)c1. The molecule has 0 saturated heterocycles. The second-order valence-electron chi connectivity index (χ2n) is 6.73. The van der Waals surface area contributed by atoms with Gasteiger partial charge in [0.25, 0.3) is 11.5 Å². The summed E-state index contributed by atoms with van der Waals surface area (Å²) in [5.74, 6) is 0.823. The lowest BCUT2D eigenvalue weighted by atomic mass is 9.84. The van der Waals surface area contributed by atoms with Crippen LogP contribution in [0.25, 0.3) is 0 Å². The standard InChI is InChI=1S/C16H22N2O2/c1-17(2)15(20)13-3-4-14(19)18(10-13)11-16-7-5-12(9-16)6-8-16/h3-4,10,12H,5-9,11H2,1-2H3. The first kappa shape index (κ1) is 13.4. The quantitative estimate of drug-likeness (QED) is 0.847. The number of fused-ring (bicyclic) bond motifs is 2. The van der Waals surface area contributed by atoms with Crippen LogP contribution in [0.3, 0.4) is 0 Å². The Kier molecular flexibility index (Phi) is 3.19. The summed E-state index contributed by atoms with van der Waals surface area (Å²) in [7, 11) is 3.46. The fraction of sp³-hybridized carbons (Fsp3) is 0.625. The largest absolute Gasteiger partial charge is 0.345 e. The Hall–Kier alpha value is -1.58. The summed E-state index contributed by atoms with van der Waals surface area (Å²) < 4.78 is 1.75. The van der Waals surface area contributed by atoms with Gasteiger partial charge in [0.1, 0.15) is 0 Å². The van der Waals surface area contributed by atoms with E-state index in [4.69, 9.17) is 0 Å². The fourth-order valence-corrected chi connectivity index (χ4v) is 3.93. The minimum Gasteiger partial charge on any atom is -0.345 e. The fourth-order valence-electron chi connectivity index (χ4n) is 3.93. The molecule has 108 valence electrons. The van der Waals surface area contributed by atoms with Crippen molar-refractivity contribution in [1.82, 2.24) is 9.47 Å². The van der Waals surface area contributed by atoms with E-state index in [-0.39, 0.29) is 11.5 Å². The van der Waals surface area contributed by atoms with Gasteiger partial charge in [0.2, 0.25) is 0 Å². The number of hydrogen-bond donors (Lipinski definition) is 0. The first-order valence-corrected chi connectivity index (χ1v) is 7.41. The van der Waals surface area contributed by atoms with E-state index < -0.39 is 0 Å². The summed E-state index contributed by atoms with van der Waals surface area (Å²) in [6.07, 6.45) is 8.08. The second kappa shape index (κ2) is 4.76. The zero-order valence-corrected chi connectivity index (χ0v) is 12.3. The van der Waals surface area contributed by atoms with Gasteiger partial charge in [-0.05, 0) is 49.5 Å². The highest BCUT2D eigenvalue weighted by Gasteiger charge is 2.44. The molecule has 2 saturated carbocycles. The smallest absolute Gasteiger partial charge is 0.254 e. The molecule has 20 heavy (non-hydrogen) atoms. The van der Waals surface area contributed by atoms with Gasteiger partial charge in [0.15, 0.2) is 0 Å². The van der Waals surface area contributed by atoms with Crippen molar-refractivity contribution < 1.29 is 4.79 Å². The van der Waals surface area contributed by atoms with Crippen molar-refractivity contribution in [2.45, 2.75) is 38.6 Å². The van der Waals surface area contributed by atoms with Gasteiger partial charge in [-0.3, -0.25) is 9.59 Å². The topological polar surface area (TPSA) is 42.3 Å². The molecule has 0 unspecified atom stereocenters. The number of rotatable bonds is 3. The van der Waals surface area contributed by atoms with Crippen LogP contribution in [0.1, 0.15) is 42.5 Å². The normalized spacial score (nSPS) is 27.8. The molecule has 2 aliphatic rings. The highest BCUT2D eigenvalue weighted by Crippen LogP contribution is 2.54. The molecule has 0 atom stereocenters. The van der Waals surface area contributed by atoms with Gasteiger partial charge in [-0.1, -0.05) is 0 Å². The van der Waals surface area contributed by atoms with Gasteiger partial charge in [-0.25, -0.2) is 0 Å². The Morgan fingerprint density at radius 1 is 1.35 bits per heavy atom. The molecular formula is C16H22N2O2. The average Bonchev–Trinajstić information content (AvgIpc) is 3.00. The van der Waals surface area contributed by atoms with Crippen LogP contribution < -0.4 is 5.56 Å². The summed E-state index contributed by atoms with van der Waals surface area (Å²) >= 11 is 0. The Bertz CT molecular complexity index is 580. The van der Waals surface area contributed by atoms with E-state index in [0.29, 0.717) is 11.0 Å². The summed E-state index contributed by atoms with van der Waals surface area (Å²) in [5, 5.41) is 0. The maximum atomic E-state index is 12.1. The van der Waals surface area contributed by atoms with Crippen LogP contribution in [0, 0.1) is 11.3 Å². The Morgan fingerprint density at radius 3 is 2.60 bits per heavy atom. The van der Waals surface area contributed by atoms with Crippen LogP contribution in [0.5, 0.6) is 0 Å². The van der Waals surface area contributed by atoms with E-state index in [1.54, 1.807) is 35.8 Å². The number of carbonyl (C=O) groups excluding carboxylic acids is 1. The lowest BCUT2D eigenvalue weighted by Crippen LogP contribution is -2.31. The number of carbonyl (C=O) groups is 1. The summed E-state index contributed by atoms with van der Waals surface area (Å²) in [5.41, 5.74) is 0.914. The molecule has 0 aromatic carbocycles. The minimum absolute atomic E-state index is 0.00466. The van der Waals surface area contributed by atoms with Crippen LogP contribution in [0.4, 0.5) is 0 Å². The predicted octanol–water partition coefficient (Wildman–Crippen LogP) is 2.13. The molecule has 2 bridgehead atoms. The van der Waals surface area contributed by atoms with Crippen molar-refractivity contribution in [3.05, 3.63) is 34.2 Å². The van der Waals surface area contributed by atoms with E-state index in [1.807, 2.05) is 0 Å². The van der Waals surface area contributed by atoms with Crippen molar-refractivity contribution in [3.63, 3.8) is 0 Å². The van der Waals surface area contributed by atoms with Crippen LogP contribution in [0.2, 0.25) is 0 Å². The van der Waals surface area contributed by atoms with Crippen LogP contribution >= 0.6 is 0 Å². The average molecular weight is 274 g/mol. The molecule has 1 heterocycles. The number of hydrogen-bond acceptors (Lipinski definition) is 2. The van der Waals surface area contributed by atoms with Crippen molar-refractivity contribution in [1.29, 1.82) is 0 Å². The van der Waals surface area contributed by atoms with Gasteiger partial charge in [0, 0.05) is 32.9 Å². The Morgan fingerprint density at radius 2 is 2.05 bits per heavy atom. The van der Waals surface area contributed by atoms with Gasteiger partial charge >= 0.3 is 0 Å². The maximum Gasteiger partial charge on any atom is 0.254 e. The van der Waals surface area contributed by atoms with Gasteiger partial charge in [-0.2, -0.15) is 0 Å². The zero-order valence-electron chi connectivity index (χ0n) is 12.3. The molecule has 4 nitrogen and oxygen atoms in total. The first-order chi connectivity index (χ1) is 9.49. The highest BCUT2D eigenvalue weighted by molar-refractivity contribution is 5.93. The second-order valence-corrected chi connectivity index (χ2v) is 6.73. The molecular weight excluding hydrogens is 252 g/mol. The van der Waals surface area contributed by atoms with Gasteiger partial charge < -0.3 is 9.47 Å². The molecule has 0 radical (unpaired) electrons. The van der Waals surface area contributed by atoms with E-state index in [9.17, 15) is 9.59 Å². The van der Waals surface area contributed by atoms with Crippen molar-refractivity contribution in [2.24, 2.45) is 11.3 Å². The van der Waals surface area contributed by atoms with Crippen molar-refractivity contribution >= 4 is 5.91 Å². The highest BCUT2D eigenvalue weighted by atomic mass is 16.2. The zero-order chi connectivity index (χ0) is 14.3.